The number of carbonyl (C=O) groups excluding carboxylic acids is 2. The summed E-state index contributed by atoms with van der Waals surface area (Å²) in [6.07, 6.45) is 0. The molecule has 32 heavy (non-hydrogen) atoms. The molecular formula is C22H21FN6O3. The Labute approximate surface area is 182 Å². The number of hydrogen-bond donors (Lipinski definition) is 1. The van der Waals surface area contributed by atoms with Gasteiger partial charge in [-0.3, -0.25) is 9.48 Å². The van der Waals surface area contributed by atoms with E-state index in [-0.39, 0.29) is 5.82 Å². The molecule has 0 aliphatic rings. The highest BCUT2D eigenvalue weighted by atomic mass is 19.1. The predicted molar refractivity (Wildman–Crippen MR) is 115 cm³/mol. The van der Waals surface area contributed by atoms with Crippen LogP contribution in [0.1, 0.15) is 27.4 Å². The largest absolute Gasteiger partial charge is 0.452 e. The van der Waals surface area contributed by atoms with E-state index in [1.807, 2.05) is 0 Å². The minimum atomic E-state index is -0.644. The maximum Gasteiger partial charge on any atom is 0.339 e. The fraction of sp³-hybridized carbons (Fsp3) is 0.227. The topological polar surface area (TPSA) is 104 Å². The van der Waals surface area contributed by atoms with Gasteiger partial charge in [0.05, 0.1) is 28.0 Å². The number of ether oxygens (including phenoxy) is 1. The average molecular weight is 436 g/mol. The van der Waals surface area contributed by atoms with E-state index >= 15 is 0 Å². The lowest BCUT2D eigenvalue weighted by Gasteiger charge is -2.10. The molecule has 0 saturated carbocycles. The second-order valence-electron chi connectivity index (χ2n) is 7.40. The first-order valence-electron chi connectivity index (χ1n) is 9.83. The fourth-order valence-electron chi connectivity index (χ4n) is 3.49. The van der Waals surface area contributed by atoms with E-state index < -0.39 is 18.5 Å². The molecule has 0 aliphatic carbocycles. The standard InChI is InChI=1S/C22H21FN6O3/c1-12-9-17(20-14(3)27-28(4)21(20)24-12)22(31)32-11-19(30)25-18-10-13(2)26-29(18)16-7-5-15(23)6-8-16/h5-10H,11H2,1-4H3,(H,25,30). The summed E-state index contributed by atoms with van der Waals surface area (Å²) in [5, 5.41) is 11.9. The van der Waals surface area contributed by atoms with Crippen molar-refractivity contribution in [3.8, 4) is 5.69 Å². The zero-order valence-electron chi connectivity index (χ0n) is 18.0. The maximum atomic E-state index is 13.2. The van der Waals surface area contributed by atoms with Crippen LogP contribution in [0, 0.1) is 26.6 Å². The molecule has 0 unspecified atom stereocenters. The third kappa shape index (κ3) is 4.07. The zero-order valence-corrected chi connectivity index (χ0v) is 18.0. The van der Waals surface area contributed by atoms with E-state index in [2.05, 4.69) is 20.5 Å². The number of halogens is 1. The third-order valence-corrected chi connectivity index (χ3v) is 4.82. The maximum absolute atomic E-state index is 13.2. The first kappa shape index (κ1) is 21.2. The first-order chi connectivity index (χ1) is 15.2. The highest BCUT2D eigenvalue weighted by Crippen LogP contribution is 2.22. The molecule has 0 radical (unpaired) electrons. The van der Waals surface area contributed by atoms with E-state index in [0.717, 1.165) is 0 Å². The van der Waals surface area contributed by atoms with E-state index in [0.29, 0.717) is 45.2 Å². The summed E-state index contributed by atoms with van der Waals surface area (Å²) in [5.74, 6) is -1.18. The van der Waals surface area contributed by atoms with Crippen LogP contribution in [0.5, 0.6) is 0 Å². The van der Waals surface area contributed by atoms with Crippen molar-refractivity contribution in [3.05, 3.63) is 64.9 Å². The molecule has 0 saturated heterocycles. The number of fused-ring (bicyclic) bond motifs is 1. The normalized spacial score (nSPS) is 11.0. The SMILES string of the molecule is Cc1cc(C(=O)OCC(=O)Nc2cc(C)nn2-c2ccc(F)cc2)c2c(C)nn(C)c2n1. The summed E-state index contributed by atoms with van der Waals surface area (Å²) in [6, 6.07) is 8.98. The van der Waals surface area contributed by atoms with Crippen LogP contribution in [-0.4, -0.2) is 43.0 Å². The molecule has 9 nitrogen and oxygen atoms in total. The number of esters is 1. The lowest BCUT2D eigenvalue weighted by Crippen LogP contribution is -2.22. The van der Waals surface area contributed by atoms with Gasteiger partial charge >= 0.3 is 5.97 Å². The Bertz CT molecular complexity index is 1340. The average Bonchev–Trinajstić information content (AvgIpc) is 3.24. The van der Waals surface area contributed by atoms with Crippen LogP contribution < -0.4 is 5.32 Å². The Kier molecular flexibility index (Phi) is 5.43. The van der Waals surface area contributed by atoms with Crippen molar-refractivity contribution in [2.45, 2.75) is 20.8 Å². The molecule has 1 amide bonds. The van der Waals surface area contributed by atoms with Gasteiger partial charge < -0.3 is 10.1 Å². The van der Waals surface area contributed by atoms with Crippen molar-refractivity contribution in [2.24, 2.45) is 7.05 Å². The van der Waals surface area contributed by atoms with Crippen LogP contribution in [0.25, 0.3) is 16.7 Å². The highest BCUT2D eigenvalue weighted by molar-refractivity contribution is 6.04. The van der Waals surface area contributed by atoms with Gasteiger partial charge in [0.1, 0.15) is 11.6 Å². The van der Waals surface area contributed by atoms with Crippen LogP contribution in [0.4, 0.5) is 10.2 Å². The molecule has 1 aromatic carbocycles. The van der Waals surface area contributed by atoms with Crippen molar-refractivity contribution in [2.75, 3.05) is 11.9 Å². The molecule has 0 spiro atoms. The van der Waals surface area contributed by atoms with Gasteiger partial charge in [-0.2, -0.15) is 10.2 Å². The van der Waals surface area contributed by atoms with E-state index in [4.69, 9.17) is 4.74 Å². The Morgan fingerprint density at radius 1 is 1.06 bits per heavy atom. The van der Waals surface area contributed by atoms with Gasteiger partial charge in [0, 0.05) is 18.8 Å². The minimum Gasteiger partial charge on any atom is -0.452 e. The summed E-state index contributed by atoms with van der Waals surface area (Å²) in [5.41, 5.74) is 3.38. The number of nitrogens with zero attached hydrogens (tertiary/aromatic N) is 5. The van der Waals surface area contributed by atoms with Gasteiger partial charge in [0.2, 0.25) is 0 Å². The van der Waals surface area contributed by atoms with E-state index in [9.17, 15) is 14.0 Å². The summed E-state index contributed by atoms with van der Waals surface area (Å²) in [7, 11) is 1.75. The van der Waals surface area contributed by atoms with Crippen molar-refractivity contribution in [1.82, 2.24) is 24.5 Å². The minimum absolute atomic E-state index is 0.304. The summed E-state index contributed by atoms with van der Waals surface area (Å²) >= 11 is 0. The fourth-order valence-corrected chi connectivity index (χ4v) is 3.49. The number of amides is 1. The number of hydrogen-bond acceptors (Lipinski definition) is 6. The number of benzene rings is 1. The van der Waals surface area contributed by atoms with Crippen LogP contribution >= 0.6 is 0 Å². The molecule has 4 rings (SSSR count). The quantitative estimate of drug-likeness (QED) is 0.483. The number of carbonyl (C=O) groups is 2. The number of pyridine rings is 1. The lowest BCUT2D eigenvalue weighted by molar-refractivity contribution is -0.119. The first-order valence-corrected chi connectivity index (χ1v) is 9.83. The second-order valence-corrected chi connectivity index (χ2v) is 7.40. The van der Waals surface area contributed by atoms with Crippen molar-refractivity contribution < 1.29 is 18.7 Å². The molecule has 3 heterocycles. The van der Waals surface area contributed by atoms with Crippen molar-refractivity contribution in [3.63, 3.8) is 0 Å². The van der Waals surface area contributed by atoms with E-state index in [1.165, 1.54) is 16.8 Å². The summed E-state index contributed by atoms with van der Waals surface area (Å²) < 4.78 is 21.6. The molecule has 3 aromatic heterocycles. The highest BCUT2D eigenvalue weighted by Gasteiger charge is 2.20. The Morgan fingerprint density at radius 2 is 1.78 bits per heavy atom. The van der Waals surface area contributed by atoms with Crippen LogP contribution in [-0.2, 0) is 16.6 Å². The number of aryl methyl sites for hydroxylation is 4. The number of rotatable bonds is 5. The number of aromatic nitrogens is 5. The van der Waals surface area contributed by atoms with Crippen LogP contribution in [0.15, 0.2) is 36.4 Å². The van der Waals surface area contributed by atoms with E-state index in [1.54, 1.807) is 56.8 Å². The van der Waals surface area contributed by atoms with Crippen molar-refractivity contribution >= 4 is 28.7 Å². The Hall–Kier alpha value is -4.08. The molecule has 1 N–H and O–H groups in total. The predicted octanol–water partition coefficient (Wildman–Crippen LogP) is 3.01. The van der Waals surface area contributed by atoms with Gasteiger partial charge in [-0.05, 0) is 51.1 Å². The summed E-state index contributed by atoms with van der Waals surface area (Å²) in [4.78, 5) is 29.6. The Morgan fingerprint density at radius 3 is 2.50 bits per heavy atom. The van der Waals surface area contributed by atoms with Gasteiger partial charge in [0.15, 0.2) is 12.3 Å². The van der Waals surface area contributed by atoms with Crippen LogP contribution in [0.2, 0.25) is 0 Å². The number of anilines is 1. The molecule has 0 fully saturated rings. The molecular weight excluding hydrogens is 415 g/mol. The molecule has 4 aromatic rings. The summed E-state index contributed by atoms with van der Waals surface area (Å²) in [6.45, 7) is 4.82. The smallest absolute Gasteiger partial charge is 0.339 e. The van der Waals surface area contributed by atoms with Crippen molar-refractivity contribution in [1.29, 1.82) is 0 Å². The molecule has 0 aliphatic heterocycles. The van der Waals surface area contributed by atoms with Gasteiger partial charge in [-0.15, -0.1) is 0 Å². The van der Waals surface area contributed by atoms with Gasteiger partial charge in [-0.25, -0.2) is 18.9 Å². The number of nitrogens with one attached hydrogen (secondary N) is 1. The monoisotopic (exact) mass is 436 g/mol. The van der Waals surface area contributed by atoms with Crippen LogP contribution in [0.3, 0.4) is 0 Å². The molecule has 0 atom stereocenters. The Balaban J connectivity index is 1.49. The third-order valence-electron chi connectivity index (χ3n) is 4.82. The molecule has 0 bridgehead atoms. The second kappa shape index (κ2) is 8.22. The molecule has 10 heteroatoms. The molecule has 164 valence electrons. The van der Waals surface area contributed by atoms with Gasteiger partial charge in [0.25, 0.3) is 5.91 Å². The zero-order chi connectivity index (χ0) is 23.0. The lowest BCUT2D eigenvalue weighted by atomic mass is 10.1. The van der Waals surface area contributed by atoms with Gasteiger partial charge in [-0.1, -0.05) is 0 Å².